The number of hydrogen-bond donors (Lipinski definition) is 4. The molecule has 1 unspecified atom stereocenters. The molecule has 0 bridgehead atoms. The molecule has 1 aromatic carbocycles. The number of urea groups is 1. The SMILES string of the molecule is CC(NCC1(CO)CC1)c1ccc(NC(=O)NC2CC2)cc1. The van der Waals surface area contributed by atoms with Crippen molar-refractivity contribution >= 4 is 11.7 Å². The minimum atomic E-state index is -0.125. The Hall–Kier alpha value is -1.59. The molecule has 2 aliphatic carbocycles. The molecule has 0 heterocycles. The van der Waals surface area contributed by atoms with Crippen LogP contribution in [-0.4, -0.2) is 30.3 Å². The zero-order valence-electron chi connectivity index (χ0n) is 13.1. The minimum absolute atomic E-state index is 0.122. The number of aliphatic hydroxyl groups excluding tert-OH is 1. The van der Waals surface area contributed by atoms with Crippen molar-refractivity contribution in [2.45, 2.75) is 44.7 Å². The Bertz CT molecular complexity index is 521. The fourth-order valence-corrected chi connectivity index (χ4v) is 2.49. The average molecular weight is 303 g/mol. The van der Waals surface area contributed by atoms with E-state index in [2.05, 4.69) is 22.9 Å². The van der Waals surface area contributed by atoms with E-state index in [4.69, 9.17) is 0 Å². The Morgan fingerprint density at radius 1 is 1.32 bits per heavy atom. The molecule has 2 saturated carbocycles. The number of rotatable bonds is 7. The van der Waals surface area contributed by atoms with E-state index in [1.165, 1.54) is 5.56 Å². The van der Waals surface area contributed by atoms with Crippen LogP contribution in [0.1, 0.15) is 44.2 Å². The van der Waals surface area contributed by atoms with E-state index in [0.717, 1.165) is 37.9 Å². The summed E-state index contributed by atoms with van der Waals surface area (Å²) in [4.78, 5) is 11.7. The molecule has 0 aliphatic heterocycles. The smallest absolute Gasteiger partial charge is 0.319 e. The van der Waals surface area contributed by atoms with Gasteiger partial charge in [0.25, 0.3) is 0 Å². The van der Waals surface area contributed by atoms with Crippen molar-refractivity contribution in [3.05, 3.63) is 29.8 Å². The predicted octanol–water partition coefficient (Wildman–Crippen LogP) is 2.39. The van der Waals surface area contributed by atoms with Gasteiger partial charge < -0.3 is 21.1 Å². The minimum Gasteiger partial charge on any atom is -0.396 e. The second-order valence-corrected chi connectivity index (χ2v) is 6.76. The van der Waals surface area contributed by atoms with E-state index in [9.17, 15) is 9.90 Å². The van der Waals surface area contributed by atoms with Crippen LogP contribution >= 0.6 is 0 Å². The van der Waals surface area contributed by atoms with Crippen LogP contribution in [0, 0.1) is 5.41 Å². The lowest BCUT2D eigenvalue weighted by atomic mass is 10.1. The second-order valence-electron chi connectivity index (χ2n) is 6.76. The zero-order valence-corrected chi connectivity index (χ0v) is 13.1. The highest BCUT2D eigenvalue weighted by Gasteiger charge is 2.41. The maximum atomic E-state index is 11.7. The molecule has 0 saturated heterocycles. The van der Waals surface area contributed by atoms with Crippen LogP contribution in [0.4, 0.5) is 10.5 Å². The van der Waals surface area contributed by atoms with Gasteiger partial charge in [0.2, 0.25) is 0 Å². The summed E-state index contributed by atoms with van der Waals surface area (Å²) in [5, 5.41) is 18.6. The molecule has 1 aromatic rings. The van der Waals surface area contributed by atoms with Crippen LogP contribution in [0.5, 0.6) is 0 Å². The monoisotopic (exact) mass is 303 g/mol. The zero-order chi connectivity index (χ0) is 15.6. The molecule has 5 heteroatoms. The van der Waals surface area contributed by atoms with E-state index < -0.39 is 0 Å². The number of benzene rings is 1. The summed E-state index contributed by atoms with van der Waals surface area (Å²) in [5.41, 5.74) is 2.11. The third kappa shape index (κ3) is 3.99. The van der Waals surface area contributed by atoms with Crippen molar-refractivity contribution in [2.75, 3.05) is 18.5 Å². The fraction of sp³-hybridized carbons (Fsp3) is 0.588. The van der Waals surface area contributed by atoms with Gasteiger partial charge in [-0.25, -0.2) is 4.79 Å². The average Bonchev–Trinajstić information content (AvgIpc) is 3.42. The highest BCUT2D eigenvalue weighted by molar-refractivity contribution is 5.89. The lowest BCUT2D eigenvalue weighted by Crippen LogP contribution is -2.30. The third-order valence-electron chi connectivity index (χ3n) is 4.66. The van der Waals surface area contributed by atoms with Crippen LogP contribution in [-0.2, 0) is 0 Å². The molecule has 22 heavy (non-hydrogen) atoms. The first-order chi connectivity index (χ1) is 10.6. The summed E-state index contributed by atoms with van der Waals surface area (Å²) in [6.07, 6.45) is 4.40. The number of amides is 2. The molecule has 0 aromatic heterocycles. The molecule has 2 amide bonds. The number of anilines is 1. The van der Waals surface area contributed by atoms with Crippen LogP contribution in [0.15, 0.2) is 24.3 Å². The van der Waals surface area contributed by atoms with Gasteiger partial charge in [-0.2, -0.15) is 0 Å². The lowest BCUT2D eigenvalue weighted by Gasteiger charge is -2.19. The van der Waals surface area contributed by atoms with Crippen LogP contribution < -0.4 is 16.0 Å². The third-order valence-corrected chi connectivity index (χ3v) is 4.66. The maximum absolute atomic E-state index is 11.7. The normalized spacial score (nSPS) is 20.3. The van der Waals surface area contributed by atoms with Crippen molar-refractivity contribution < 1.29 is 9.90 Å². The second kappa shape index (κ2) is 6.26. The number of carbonyl (C=O) groups is 1. The topological polar surface area (TPSA) is 73.4 Å². The molecule has 120 valence electrons. The van der Waals surface area contributed by atoms with Gasteiger partial charge in [-0.1, -0.05) is 12.1 Å². The number of hydrogen-bond acceptors (Lipinski definition) is 3. The molecule has 0 radical (unpaired) electrons. The van der Waals surface area contributed by atoms with Gasteiger partial charge in [0.15, 0.2) is 0 Å². The van der Waals surface area contributed by atoms with Crippen molar-refractivity contribution in [3.8, 4) is 0 Å². The standard InChI is InChI=1S/C17H25N3O2/c1-12(18-10-17(11-21)8-9-17)13-2-4-14(5-3-13)19-16(22)20-15-6-7-15/h2-5,12,15,18,21H,6-11H2,1H3,(H2,19,20,22). The first kappa shape index (κ1) is 15.3. The van der Waals surface area contributed by atoms with Gasteiger partial charge in [-0.3, -0.25) is 0 Å². The molecule has 0 spiro atoms. The van der Waals surface area contributed by atoms with Gasteiger partial charge in [-0.15, -0.1) is 0 Å². The molecule has 5 nitrogen and oxygen atoms in total. The van der Waals surface area contributed by atoms with Gasteiger partial charge in [0.05, 0.1) is 0 Å². The maximum Gasteiger partial charge on any atom is 0.319 e. The van der Waals surface area contributed by atoms with Crippen molar-refractivity contribution in [2.24, 2.45) is 5.41 Å². The Kier molecular flexibility index (Phi) is 4.36. The summed E-state index contributed by atoms with van der Waals surface area (Å²) in [5.74, 6) is 0. The Morgan fingerprint density at radius 3 is 2.55 bits per heavy atom. The number of aliphatic hydroxyl groups is 1. The van der Waals surface area contributed by atoms with Gasteiger partial charge >= 0.3 is 6.03 Å². The molecule has 3 rings (SSSR count). The Labute approximate surface area is 131 Å². The Morgan fingerprint density at radius 2 is 2.00 bits per heavy atom. The molecular formula is C17H25N3O2. The van der Waals surface area contributed by atoms with Gasteiger partial charge in [-0.05, 0) is 50.3 Å². The van der Waals surface area contributed by atoms with Gasteiger partial charge in [0, 0.05) is 36.3 Å². The van der Waals surface area contributed by atoms with Crippen LogP contribution in [0.3, 0.4) is 0 Å². The summed E-state index contributed by atoms with van der Waals surface area (Å²) in [6, 6.07) is 8.40. The Balaban J connectivity index is 1.48. The van der Waals surface area contributed by atoms with Crippen molar-refractivity contribution in [3.63, 3.8) is 0 Å². The summed E-state index contributed by atoms with van der Waals surface area (Å²) >= 11 is 0. The fourth-order valence-electron chi connectivity index (χ4n) is 2.49. The first-order valence-corrected chi connectivity index (χ1v) is 8.12. The number of carbonyl (C=O) groups excluding carboxylic acids is 1. The summed E-state index contributed by atoms with van der Waals surface area (Å²) < 4.78 is 0. The predicted molar refractivity (Wildman–Crippen MR) is 86.8 cm³/mol. The van der Waals surface area contributed by atoms with Gasteiger partial charge in [0.1, 0.15) is 0 Å². The molecule has 1 atom stereocenters. The van der Waals surface area contributed by atoms with Crippen LogP contribution in [0.25, 0.3) is 0 Å². The molecule has 2 aliphatic rings. The quantitative estimate of drug-likeness (QED) is 0.625. The van der Waals surface area contributed by atoms with Crippen molar-refractivity contribution in [1.82, 2.24) is 10.6 Å². The van der Waals surface area contributed by atoms with Crippen molar-refractivity contribution in [1.29, 1.82) is 0 Å². The van der Waals surface area contributed by atoms with E-state index in [0.29, 0.717) is 6.04 Å². The molecule has 4 N–H and O–H groups in total. The van der Waals surface area contributed by atoms with E-state index in [1.54, 1.807) is 0 Å². The molecular weight excluding hydrogens is 278 g/mol. The highest BCUT2D eigenvalue weighted by atomic mass is 16.3. The summed E-state index contributed by atoms with van der Waals surface area (Å²) in [6.45, 7) is 3.25. The van der Waals surface area contributed by atoms with E-state index in [1.807, 2.05) is 24.3 Å². The van der Waals surface area contributed by atoms with E-state index >= 15 is 0 Å². The lowest BCUT2D eigenvalue weighted by molar-refractivity contribution is 0.204. The molecule has 2 fully saturated rings. The van der Waals surface area contributed by atoms with E-state index in [-0.39, 0.29) is 24.1 Å². The van der Waals surface area contributed by atoms with Crippen LogP contribution in [0.2, 0.25) is 0 Å². The highest BCUT2D eigenvalue weighted by Crippen LogP contribution is 2.44. The number of nitrogens with one attached hydrogen (secondary N) is 3. The first-order valence-electron chi connectivity index (χ1n) is 8.12. The largest absolute Gasteiger partial charge is 0.396 e. The summed E-state index contributed by atoms with van der Waals surface area (Å²) in [7, 11) is 0.